The van der Waals surface area contributed by atoms with Gasteiger partial charge in [0, 0.05) is 24.7 Å². The van der Waals surface area contributed by atoms with Gasteiger partial charge in [-0.1, -0.05) is 43.3 Å². The smallest absolute Gasteiger partial charge is 0.305 e. The number of nitrogens with zero attached hydrogens (tertiary/aromatic N) is 4. The van der Waals surface area contributed by atoms with Crippen LogP contribution in [-0.4, -0.2) is 37.7 Å². The fraction of sp³-hybridized carbons (Fsp3) is 0.258. The maximum atomic E-state index is 14.4. The summed E-state index contributed by atoms with van der Waals surface area (Å²) in [5.74, 6) is -1.28. The van der Waals surface area contributed by atoms with Gasteiger partial charge in [-0.05, 0) is 71.5 Å². The van der Waals surface area contributed by atoms with Crippen LogP contribution < -0.4 is 5.01 Å². The number of carbonyl (C=O) groups is 1. The topological polar surface area (TPSA) is 91.0 Å². The summed E-state index contributed by atoms with van der Waals surface area (Å²) >= 11 is 0. The molecule has 0 saturated heterocycles. The van der Waals surface area contributed by atoms with E-state index in [0.717, 1.165) is 39.3 Å². The molecule has 5 rings (SSSR count). The van der Waals surface area contributed by atoms with Gasteiger partial charge in [-0.3, -0.25) is 14.5 Å². The molecule has 0 fully saturated rings. The Morgan fingerprint density at radius 3 is 2.41 bits per heavy atom. The molecule has 2 atom stereocenters. The SMILES string of the molecule is Cc1cc(-c2cc(CO)ccc2F)ccc1Cc1ccc(N2N=C(c3ccn(C)n3)C(C)C2CC(=O)O)cc1. The minimum atomic E-state index is -0.868. The fourth-order valence-electron chi connectivity index (χ4n) is 5.14. The van der Waals surface area contributed by atoms with Gasteiger partial charge in [-0.25, -0.2) is 4.39 Å². The second-order valence-electron chi connectivity index (χ2n) is 10.1. The number of carboxylic acid groups (broad SMARTS) is 1. The summed E-state index contributed by atoms with van der Waals surface area (Å²) in [6.45, 7) is 3.87. The van der Waals surface area contributed by atoms with E-state index in [9.17, 15) is 19.4 Å². The van der Waals surface area contributed by atoms with Gasteiger partial charge in [-0.2, -0.15) is 10.2 Å². The number of halogens is 1. The molecule has 0 amide bonds. The van der Waals surface area contributed by atoms with Crippen LogP contribution in [-0.2, 0) is 24.9 Å². The second-order valence-corrected chi connectivity index (χ2v) is 10.1. The number of aryl methyl sites for hydroxylation is 2. The molecule has 1 aliphatic heterocycles. The third-order valence-electron chi connectivity index (χ3n) is 7.36. The molecule has 200 valence electrons. The van der Waals surface area contributed by atoms with Crippen molar-refractivity contribution in [2.75, 3.05) is 5.01 Å². The van der Waals surface area contributed by atoms with E-state index in [1.807, 2.05) is 80.6 Å². The molecule has 3 aromatic carbocycles. The van der Waals surface area contributed by atoms with Crippen LogP contribution in [0.4, 0.5) is 10.1 Å². The first-order valence-electron chi connectivity index (χ1n) is 12.9. The van der Waals surface area contributed by atoms with Crippen molar-refractivity contribution in [1.82, 2.24) is 9.78 Å². The average molecular weight is 527 g/mol. The second kappa shape index (κ2) is 10.8. The maximum absolute atomic E-state index is 14.4. The zero-order valence-corrected chi connectivity index (χ0v) is 22.2. The van der Waals surface area contributed by atoms with Gasteiger partial charge in [0.15, 0.2) is 0 Å². The van der Waals surface area contributed by atoms with E-state index in [2.05, 4.69) is 5.10 Å². The summed E-state index contributed by atoms with van der Waals surface area (Å²) in [5.41, 5.74) is 7.54. The van der Waals surface area contributed by atoms with Crippen LogP contribution in [0.3, 0.4) is 0 Å². The Labute approximate surface area is 226 Å². The normalized spacial score (nSPS) is 16.9. The monoisotopic (exact) mass is 526 g/mol. The van der Waals surface area contributed by atoms with E-state index in [1.165, 1.54) is 6.07 Å². The van der Waals surface area contributed by atoms with Crippen molar-refractivity contribution < 1.29 is 19.4 Å². The Bertz CT molecular complexity index is 1540. The lowest BCUT2D eigenvalue weighted by Gasteiger charge is -2.25. The molecule has 2 heterocycles. The summed E-state index contributed by atoms with van der Waals surface area (Å²) in [5, 5.41) is 30.1. The van der Waals surface area contributed by atoms with E-state index < -0.39 is 5.97 Å². The van der Waals surface area contributed by atoms with E-state index in [0.29, 0.717) is 17.5 Å². The van der Waals surface area contributed by atoms with Gasteiger partial charge in [0.1, 0.15) is 11.5 Å². The molecule has 7 nitrogen and oxygen atoms in total. The van der Waals surface area contributed by atoms with Crippen LogP contribution in [0.15, 0.2) is 78.0 Å². The Hall–Kier alpha value is -4.30. The molecule has 2 N–H and O–H groups in total. The Morgan fingerprint density at radius 1 is 1.03 bits per heavy atom. The Morgan fingerprint density at radius 2 is 1.77 bits per heavy atom. The van der Waals surface area contributed by atoms with E-state index >= 15 is 0 Å². The lowest BCUT2D eigenvalue weighted by Crippen LogP contribution is -2.34. The number of rotatable bonds is 8. The summed E-state index contributed by atoms with van der Waals surface area (Å²) in [7, 11) is 1.84. The van der Waals surface area contributed by atoms with Crippen LogP contribution in [0.5, 0.6) is 0 Å². The zero-order chi connectivity index (χ0) is 27.7. The first kappa shape index (κ1) is 26.3. The van der Waals surface area contributed by atoms with Gasteiger partial charge >= 0.3 is 5.97 Å². The van der Waals surface area contributed by atoms with Gasteiger partial charge < -0.3 is 10.2 Å². The van der Waals surface area contributed by atoms with Gasteiger partial charge in [0.05, 0.1) is 30.5 Å². The standard InChI is InChI=1S/C31H31FN4O3/c1-19-14-24(26-16-22(18-37)6-11-27(26)32)8-7-23(19)15-21-4-9-25(10-5-21)36-29(17-30(38)39)20(2)31(34-36)28-12-13-35(3)33-28/h4-14,16,20,29,37H,15,17-18H2,1-3H3,(H,38,39). The highest BCUT2D eigenvalue weighted by molar-refractivity contribution is 6.03. The van der Waals surface area contributed by atoms with Crippen LogP contribution in [0.25, 0.3) is 11.1 Å². The first-order chi connectivity index (χ1) is 18.7. The number of anilines is 1. The summed E-state index contributed by atoms with van der Waals surface area (Å²) in [6, 6.07) is 20.1. The molecule has 0 aliphatic carbocycles. The largest absolute Gasteiger partial charge is 0.481 e. The lowest BCUT2D eigenvalue weighted by molar-refractivity contribution is -0.137. The summed E-state index contributed by atoms with van der Waals surface area (Å²) < 4.78 is 16.2. The number of aliphatic hydroxyl groups is 1. The van der Waals surface area contributed by atoms with Crippen LogP contribution >= 0.6 is 0 Å². The number of hydrogen-bond acceptors (Lipinski definition) is 5. The van der Waals surface area contributed by atoms with Crippen molar-refractivity contribution >= 4 is 17.4 Å². The predicted octanol–water partition coefficient (Wildman–Crippen LogP) is 5.32. The lowest BCUT2D eigenvalue weighted by atomic mass is 9.93. The number of aromatic nitrogens is 2. The molecular weight excluding hydrogens is 495 g/mol. The molecule has 4 aromatic rings. The summed E-state index contributed by atoms with van der Waals surface area (Å²) in [6.07, 6.45) is 2.52. The number of carboxylic acids is 1. The summed E-state index contributed by atoms with van der Waals surface area (Å²) in [4.78, 5) is 11.7. The minimum Gasteiger partial charge on any atom is -0.481 e. The van der Waals surface area contributed by atoms with E-state index in [1.54, 1.807) is 16.8 Å². The van der Waals surface area contributed by atoms with Gasteiger partial charge in [-0.15, -0.1) is 0 Å². The molecule has 0 saturated carbocycles. The van der Waals surface area contributed by atoms with Gasteiger partial charge in [0.2, 0.25) is 0 Å². The van der Waals surface area contributed by atoms with Crippen molar-refractivity contribution in [2.24, 2.45) is 18.1 Å². The molecule has 0 bridgehead atoms. The fourth-order valence-corrected chi connectivity index (χ4v) is 5.14. The highest BCUT2D eigenvalue weighted by Gasteiger charge is 2.38. The highest BCUT2D eigenvalue weighted by Crippen LogP contribution is 2.33. The molecule has 1 aliphatic rings. The van der Waals surface area contributed by atoms with Crippen molar-refractivity contribution in [1.29, 1.82) is 0 Å². The molecule has 1 aromatic heterocycles. The average Bonchev–Trinajstić information content (AvgIpc) is 3.48. The molecule has 0 radical (unpaired) electrons. The van der Waals surface area contributed by atoms with E-state index in [4.69, 9.17) is 5.10 Å². The van der Waals surface area contributed by atoms with Crippen molar-refractivity contribution in [3.8, 4) is 11.1 Å². The molecule has 2 unspecified atom stereocenters. The maximum Gasteiger partial charge on any atom is 0.305 e. The highest BCUT2D eigenvalue weighted by atomic mass is 19.1. The van der Waals surface area contributed by atoms with Crippen LogP contribution in [0.2, 0.25) is 0 Å². The van der Waals surface area contributed by atoms with E-state index in [-0.39, 0.29) is 30.8 Å². The third-order valence-corrected chi connectivity index (χ3v) is 7.36. The van der Waals surface area contributed by atoms with Crippen LogP contribution in [0.1, 0.15) is 41.3 Å². The molecular formula is C31H31FN4O3. The third kappa shape index (κ3) is 5.47. The van der Waals surface area contributed by atoms with Gasteiger partial charge in [0.25, 0.3) is 0 Å². The predicted molar refractivity (Wildman–Crippen MR) is 149 cm³/mol. The number of aliphatic carboxylic acids is 1. The number of hydrogen-bond donors (Lipinski definition) is 2. The first-order valence-corrected chi connectivity index (χ1v) is 12.9. The number of aliphatic hydroxyl groups excluding tert-OH is 1. The quantitative estimate of drug-likeness (QED) is 0.324. The van der Waals surface area contributed by atoms with Crippen molar-refractivity contribution in [2.45, 2.75) is 39.3 Å². The Kier molecular flexibility index (Phi) is 7.30. The zero-order valence-electron chi connectivity index (χ0n) is 22.2. The number of hydrazone groups is 1. The minimum absolute atomic E-state index is 0.0316. The number of benzene rings is 3. The molecule has 39 heavy (non-hydrogen) atoms. The van der Waals surface area contributed by atoms with Crippen molar-refractivity contribution in [3.05, 3.63) is 107 Å². The molecule has 8 heteroatoms. The Balaban J connectivity index is 1.37. The van der Waals surface area contributed by atoms with Crippen LogP contribution in [0, 0.1) is 18.7 Å². The van der Waals surface area contributed by atoms with Crippen molar-refractivity contribution in [3.63, 3.8) is 0 Å². The molecule has 0 spiro atoms.